The molecule has 0 spiro atoms. The molecule has 5 rings (SSSR count). The molecule has 0 unspecified atom stereocenters. The van der Waals surface area contributed by atoms with Crippen molar-refractivity contribution in [2.75, 3.05) is 19.6 Å². The van der Waals surface area contributed by atoms with Gasteiger partial charge < -0.3 is 5.32 Å². The average molecular weight is 405 g/mol. The molecule has 4 heterocycles. The molecule has 0 bridgehead atoms. The minimum atomic E-state index is 0.179. The van der Waals surface area contributed by atoms with Crippen LogP contribution in [0, 0.1) is 5.92 Å². The van der Waals surface area contributed by atoms with Crippen molar-refractivity contribution in [3.05, 3.63) is 54.1 Å². The predicted molar refractivity (Wildman–Crippen MR) is 115 cm³/mol. The summed E-state index contributed by atoms with van der Waals surface area (Å²) in [7, 11) is 0. The molecule has 1 saturated carbocycles. The van der Waals surface area contributed by atoms with Crippen LogP contribution in [0.3, 0.4) is 0 Å². The van der Waals surface area contributed by atoms with Crippen LogP contribution in [0.25, 0.3) is 11.0 Å². The number of rotatable bonds is 7. The number of hydrogen-bond acceptors (Lipinski definition) is 5. The average Bonchev–Trinajstić information content (AvgIpc) is 3.57. The molecule has 2 aliphatic rings. The molecule has 156 valence electrons. The maximum absolute atomic E-state index is 11.9. The second kappa shape index (κ2) is 8.52. The van der Waals surface area contributed by atoms with E-state index in [2.05, 4.69) is 38.4 Å². The van der Waals surface area contributed by atoms with E-state index in [-0.39, 0.29) is 11.8 Å². The van der Waals surface area contributed by atoms with Crippen molar-refractivity contribution in [3.8, 4) is 0 Å². The Morgan fingerprint density at radius 1 is 1.13 bits per heavy atom. The summed E-state index contributed by atoms with van der Waals surface area (Å²) in [5.74, 6) is 0.815. The fraction of sp³-hybridized carbons (Fsp3) is 0.478. The Morgan fingerprint density at radius 3 is 2.83 bits per heavy atom. The van der Waals surface area contributed by atoms with Crippen molar-refractivity contribution < 1.29 is 4.79 Å². The highest BCUT2D eigenvalue weighted by atomic mass is 16.2. The summed E-state index contributed by atoms with van der Waals surface area (Å²) < 4.78 is 1.97. The van der Waals surface area contributed by atoms with E-state index in [0.717, 1.165) is 55.6 Å². The number of likely N-dealkylation sites (tertiary alicyclic amines) is 1. The molecule has 30 heavy (non-hydrogen) atoms. The van der Waals surface area contributed by atoms with Crippen LogP contribution in [0.5, 0.6) is 0 Å². The largest absolute Gasteiger partial charge is 0.354 e. The number of aromatic nitrogens is 4. The lowest BCUT2D eigenvalue weighted by atomic mass is 9.93. The van der Waals surface area contributed by atoms with E-state index >= 15 is 0 Å². The molecule has 3 aromatic rings. The molecular formula is C23H28N6O. The molecule has 7 heteroatoms. The number of nitrogens with zero attached hydrogens (tertiary/aromatic N) is 5. The highest BCUT2D eigenvalue weighted by molar-refractivity contribution is 5.81. The molecule has 1 aliphatic carbocycles. The van der Waals surface area contributed by atoms with Gasteiger partial charge in [0.2, 0.25) is 5.91 Å². The van der Waals surface area contributed by atoms with Crippen molar-refractivity contribution >= 4 is 16.9 Å². The third-order valence-electron chi connectivity index (χ3n) is 6.15. The Bertz CT molecular complexity index is 1010. The normalized spacial score (nSPS) is 19.8. The highest BCUT2D eigenvalue weighted by Gasteiger charge is 2.29. The fourth-order valence-electron chi connectivity index (χ4n) is 4.43. The number of amides is 1. The lowest BCUT2D eigenvalue weighted by Crippen LogP contribution is -2.34. The minimum absolute atomic E-state index is 0.179. The lowest BCUT2D eigenvalue weighted by molar-refractivity contribution is -0.122. The number of carbonyl (C=O) groups is 1. The molecule has 1 N–H and O–H groups in total. The van der Waals surface area contributed by atoms with Gasteiger partial charge in [-0.25, -0.2) is 9.67 Å². The SMILES string of the molecule is O=C(NCCn1nc([C@H]2CCCN(Cc3ccncc3)C2)c2cccnc21)C1CC1. The summed E-state index contributed by atoms with van der Waals surface area (Å²) in [4.78, 5) is 23.2. The third kappa shape index (κ3) is 4.21. The van der Waals surface area contributed by atoms with Gasteiger partial charge in [0.15, 0.2) is 5.65 Å². The van der Waals surface area contributed by atoms with Crippen LogP contribution in [0.2, 0.25) is 0 Å². The molecule has 7 nitrogen and oxygen atoms in total. The Hall–Kier alpha value is -2.80. The third-order valence-corrected chi connectivity index (χ3v) is 6.15. The fourth-order valence-corrected chi connectivity index (χ4v) is 4.43. The van der Waals surface area contributed by atoms with Crippen molar-refractivity contribution in [3.63, 3.8) is 0 Å². The summed E-state index contributed by atoms with van der Waals surface area (Å²) >= 11 is 0. The summed E-state index contributed by atoms with van der Waals surface area (Å²) in [5.41, 5.74) is 3.36. The van der Waals surface area contributed by atoms with Crippen molar-refractivity contribution in [2.24, 2.45) is 5.92 Å². The molecule has 0 aromatic carbocycles. The maximum Gasteiger partial charge on any atom is 0.223 e. The lowest BCUT2D eigenvalue weighted by Gasteiger charge is -2.32. The van der Waals surface area contributed by atoms with Gasteiger partial charge in [0, 0.05) is 55.4 Å². The maximum atomic E-state index is 11.9. The van der Waals surface area contributed by atoms with E-state index in [1.807, 2.05) is 29.3 Å². The zero-order chi connectivity index (χ0) is 20.3. The molecule has 3 aromatic heterocycles. The van der Waals surface area contributed by atoms with Crippen LogP contribution >= 0.6 is 0 Å². The second-order valence-corrected chi connectivity index (χ2v) is 8.48. The van der Waals surface area contributed by atoms with Gasteiger partial charge in [-0.1, -0.05) is 0 Å². The molecule has 1 amide bonds. The Kier molecular flexibility index (Phi) is 5.45. The number of hydrogen-bond donors (Lipinski definition) is 1. The molecule has 0 radical (unpaired) electrons. The molecular weight excluding hydrogens is 376 g/mol. The summed E-state index contributed by atoms with van der Waals surface area (Å²) in [6.45, 7) is 4.31. The van der Waals surface area contributed by atoms with E-state index in [1.165, 1.54) is 12.0 Å². The first-order chi connectivity index (χ1) is 14.8. The number of fused-ring (bicyclic) bond motifs is 1. The van der Waals surface area contributed by atoms with Gasteiger partial charge in [0.25, 0.3) is 0 Å². The molecule has 1 atom stereocenters. The first-order valence-corrected chi connectivity index (χ1v) is 11.0. The standard InChI is InChI=1S/C23H28N6O/c30-23(18-5-6-18)26-12-14-29-22-20(4-1-9-25-22)21(27-29)19-3-2-13-28(16-19)15-17-7-10-24-11-8-17/h1,4,7-11,18-19H,2-3,5-6,12-16H2,(H,26,30)/t19-/m0/s1. The van der Waals surface area contributed by atoms with Crippen LogP contribution < -0.4 is 5.32 Å². The Balaban J connectivity index is 1.31. The summed E-state index contributed by atoms with van der Waals surface area (Å²) in [6, 6.07) is 8.30. The van der Waals surface area contributed by atoms with Crippen LogP contribution in [0.15, 0.2) is 42.9 Å². The van der Waals surface area contributed by atoms with Gasteiger partial charge in [-0.3, -0.25) is 14.7 Å². The van der Waals surface area contributed by atoms with Gasteiger partial charge in [0.1, 0.15) is 0 Å². The van der Waals surface area contributed by atoms with E-state index in [1.54, 1.807) is 0 Å². The quantitative estimate of drug-likeness (QED) is 0.655. The topological polar surface area (TPSA) is 75.9 Å². The van der Waals surface area contributed by atoms with Crippen LogP contribution in [0.4, 0.5) is 0 Å². The van der Waals surface area contributed by atoms with Crippen LogP contribution in [0.1, 0.15) is 42.9 Å². The molecule has 1 saturated heterocycles. The monoisotopic (exact) mass is 404 g/mol. The van der Waals surface area contributed by atoms with Gasteiger partial charge in [-0.2, -0.15) is 5.10 Å². The van der Waals surface area contributed by atoms with Crippen molar-refractivity contribution in [1.29, 1.82) is 0 Å². The van der Waals surface area contributed by atoms with E-state index < -0.39 is 0 Å². The number of piperidine rings is 1. The second-order valence-electron chi connectivity index (χ2n) is 8.48. The van der Waals surface area contributed by atoms with Gasteiger partial charge >= 0.3 is 0 Å². The highest BCUT2D eigenvalue weighted by Crippen LogP contribution is 2.31. The number of nitrogens with one attached hydrogen (secondary N) is 1. The zero-order valence-corrected chi connectivity index (χ0v) is 17.2. The first kappa shape index (κ1) is 19.2. The first-order valence-electron chi connectivity index (χ1n) is 11.0. The van der Waals surface area contributed by atoms with E-state index in [9.17, 15) is 4.79 Å². The van der Waals surface area contributed by atoms with Gasteiger partial charge in [0.05, 0.1) is 12.2 Å². The summed E-state index contributed by atoms with van der Waals surface area (Å²) in [6.07, 6.45) is 9.91. The Labute approximate surface area is 176 Å². The number of pyridine rings is 2. The van der Waals surface area contributed by atoms with Gasteiger partial charge in [-0.15, -0.1) is 0 Å². The predicted octanol–water partition coefficient (Wildman–Crippen LogP) is 2.73. The minimum Gasteiger partial charge on any atom is -0.354 e. The molecule has 2 fully saturated rings. The van der Waals surface area contributed by atoms with Crippen molar-refractivity contribution in [1.82, 2.24) is 30.0 Å². The van der Waals surface area contributed by atoms with Crippen LogP contribution in [-0.2, 0) is 17.9 Å². The Morgan fingerprint density at radius 2 is 2.00 bits per heavy atom. The van der Waals surface area contributed by atoms with Crippen LogP contribution in [-0.4, -0.2) is 50.2 Å². The number of carbonyl (C=O) groups excluding carboxylic acids is 1. The summed E-state index contributed by atoms with van der Waals surface area (Å²) in [5, 5.41) is 9.16. The zero-order valence-electron chi connectivity index (χ0n) is 17.2. The smallest absolute Gasteiger partial charge is 0.223 e. The van der Waals surface area contributed by atoms with Crippen molar-refractivity contribution in [2.45, 2.75) is 44.7 Å². The molecule has 1 aliphatic heterocycles. The van der Waals surface area contributed by atoms with E-state index in [0.29, 0.717) is 19.0 Å². The van der Waals surface area contributed by atoms with E-state index in [4.69, 9.17) is 5.10 Å². The van der Waals surface area contributed by atoms with Gasteiger partial charge in [-0.05, 0) is 62.1 Å².